The number of aromatic nitrogens is 5. The minimum Gasteiger partial charge on any atom is -0.309 e. The number of aromatic amines is 1. The van der Waals surface area contributed by atoms with Crippen molar-refractivity contribution in [3.8, 4) is 27.9 Å². The zero-order valence-corrected chi connectivity index (χ0v) is 20.9. The lowest BCUT2D eigenvalue weighted by Crippen LogP contribution is -2.33. The average molecular weight is 521 g/mol. The molecule has 0 radical (unpaired) electrons. The standard InChI is InChI=1S/C29H21ClN6O2/c30-23-7-3-6-20(22-14-33-35-11-10-31-15-25(22)35)27(23)17-8-9-21-24(12-17)34-29(38)36(28(21)37)26-16-32-13-18-4-1-2-5-19(18)26/h1-9,12-14,16,31H,10-11,15H2,(H,34,38). The van der Waals surface area contributed by atoms with Crippen LogP contribution in [-0.2, 0) is 13.1 Å². The molecule has 9 heteroatoms. The van der Waals surface area contributed by atoms with E-state index in [-0.39, 0.29) is 0 Å². The Hall–Kier alpha value is -4.53. The summed E-state index contributed by atoms with van der Waals surface area (Å²) in [6.45, 7) is 2.40. The molecule has 6 aromatic rings. The minimum atomic E-state index is -0.533. The number of hydrogen-bond acceptors (Lipinski definition) is 5. The molecular weight excluding hydrogens is 500 g/mol. The van der Waals surface area contributed by atoms with E-state index in [1.807, 2.05) is 65.5 Å². The zero-order chi connectivity index (χ0) is 25.8. The Morgan fingerprint density at radius 1 is 0.895 bits per heavy atom. The summed E-state index contributed by atoms with van der Waals surface area (Å²) in [7, 11) is 0. The molecule has 4 heterocycles. The first kappa shape index (κ1) is 22.7. The van der Waals surface area contributed by atoms with Crippen molar-refractivity contribution < 1.29 is 0 Å². The maximum Gasteiger partial charge on any atom is 0.333 e. The van der Waals surface area contributed by atoms with Crippen molar-refractivity contribution in [1.29, 1.82) is 0 Å². The van der Waals surface area contributed by atoms with E-state index in [1.165, 1.54) is 6.20 Å². The average Bonchev–Trinajstić information content (AvgIpc) is 3.37. The van der Waals surface area contributed by atoms with E-state index in [0.717, 1.165) is 62.9 Å². The molecule has 0 bridgehead atoms. The number of H-pyrrole nitrogens is 1. The van der Waals surface area contributed by atoms with Gasteiger partial charge in [-0.3, -0.25) is 14.5 Å². The fourth-order valence-electron chi connectivity index (χ4n) is 5.32. The zero-order valence-electron chi connectivity index (χ0n) is 20.1. The van der Waals surface area contributed by atoms with Gasteiger partial charge in [0.15, 0.2) is 0 Å². The summed E-state index contributed by atoms with van der Waals surface area (Å²) in [5.41, 5.74) is 4.59. The molecule has 0 saturated carbocycles. The van der Waals surface area contributed by atoms with Crippen LogP contribution in [0.1, 0.15) is 5.69 Å². The Morgan fingerprint density at radius 2 is 1.79 bits per heavy atom. The van der Waals surface area contributed by atoms with E-state index in [9.17, 15) is 9.59 Å². The number of fused-ring (bicyclic) bond motifs is 3. The molecular formula is C29H21ClN6O2. The molecule has 0 fully saturated rings. The van der Waals surface area contributed by atoms with Crippen molar-refractivity contribution >= 4 is 33.3 Å². The molecule has 0 amide bonds. The Bertz CT molecular complexity index is 2000. The van der Waals surface area contributed by atoms with Gasteiger partial charge in [0.1, 0.15) is 0 Å². The third kappa shape index (κ3) is 3.49. The number of pyridine rings is 1. The molecule has 0 saturated heterocycles. The minimum absolute atomic E-state index is 0.391. The smallest absolute Gasteiger partial charge is 0.309 e. The summed E-state index contributed by atoms with van der Waals surface area (Å²) in [4.78, 5) is 34.0. The topological polar surface area (TPSA) is 97.6 Å². The summed E-state index contributed by atoms with van der Waals surface area (Å²) in [6.07, 6.45) is 5.12. The second-order valence-electron chi connectivity index (χ2n) is 9.28. The van der Waals surface area contributed by atoms with E-state index in [2.05, 4.69) is 20.4 Å². The highest BCUT2D eigenvalue weighted by Crippen LogP contribution is 2.39. The van der Waals surface area contributed by atoms with Gasteiger partial charge in [-0.05, 0) is 29.3 Å². The van der Waals surface area contributed by atoms with Crippen molar-refractivity contribution in [1.82, 2.24) is 29.6 Å². The van der Waals surface area contributed by atoms with Crippen LogP contribution in [0.4, 0.5) is 0 Å². The molecule has 1 aliphatic heterocycles. The molecule has 0 atom stereocenters. The fourth-order valence-corrected chi connectivity index (χ4v) is 5.60. The lowest BCUT2D eigenvalue weighted by molar-refractivity contribution is 0.476. The van der Waals surface area contributed by atoms with Crippen LogP contribution in [0.25, 0.3) is 49.6 Å². The Balaban J connectivity index is 1.42. The van der Waals surface area contributed by atoms with Crippen molar-refractivity contribution in [3.63, 3.8) is 0 Å². The first-order chi connectivity index (χ1) is 18.6. The molecule has 3 aromatic carbocycles. The van der Waals surface area contributed by atoms with E-state index in [0.29, 0.717) is 21.6 Å². The summed E-state index contributed by atoms with van der Waals surface area (Å²) in [5.74, 6) is 0. The van der Waals surface area contributed by atoms with Crippen molar-refractivity contribution in [3.05, 3.63) is 111 Å². The van der Waals surface area contributed by atoms with Gasteiger partial charge >= 0.3 is 5.69 Å². The molecule has 7 rings (SSSR count). The van der Waals surface area contributed by atoms with Gasteiger partial charge in [0, 0.05) is 46.2 Å². The second kappa shape index (κ2) is 8.79. The predicted octanol–water partition coefficient (Wildman–Crippen LogP) is 4.51. The second-order valence-corrected chi connectivity index (χ2v) is 9.69. The maximum atomic E-state index is 13.6. The molecule has 2 N–H and O–H groups in total. The summed E-state index contributed by atoms with van der Waals surface area (Å²) < 4.78 is 3.16. The van der Waals surface area contributed by atoms with E-state index >= 15 is 0 Å². The highest BCUT2D eigenvalue weighted by molar-refractivity contribution is 6.34. The predicted molar refractivity (Wildman–Crippen MR) is 149 cm³/mol. The number of hydrogen-bond donors (Lipinski definition) is 2. The number of benzene rings is 3. The van der Waals surface area contributed by atoms with Gasteiger partial charge in [-0.15, -0.1) is 0 Å². The number of halogens is 1. The van der Waals surface area contributed by atoms with Gasteiger partial charge in [-0.2, -0.15) is 5.10 Å². The Labute approximate surface area is 221 Å². The van der Waals surface area contributed by atoms with Crippen LogP contribution in [0.2, 0.25) is 5.02 Å². The normalized spacial score (nSPS) is 13.2. The first-order valence-corrected chi connectivity index (χ1v) is 12.6. The summed E-state index contributed by atoms with van der Waals surface area (Å²) >= 11 is 6.75. The summed E-state index contributed by atoms with van der Waals surface area (Å²) in [5, 5.41) is 10.5. The molecule has 0 aliphatic carbocycles. The first-order valence-electron chi connectivity index (χ1n) is 12.3. The van der Waals surface area contributed by atoms with Gasteiger partial charge in [0.25, 0.3) is 5.56 Å². The van der Waals surface area contributed by atoms with E-state index in [4.69, 9.17) is 11.6 Å². The molecule has 0 unspecified atom stereocenters. The Kier molecular flexibility index (Phi) is 5.24. The van der Waals surface area contributed by atoms with Crippen LogP contribution < -0.4 is 16.6 Å². The third-order valence-corrected chi connectivity index (χ3v) is 7.43. The molecule has 186 valence electrons. The van der Waals surface area contributed by atoms with E-state index < -0.39 is 11.2 Å². The number of nitrogens with one attached hydrogen (secondary N) is 2. The van der Waals surface area contributed by atoms with Crippen LogP contribution in [0.15, 0.2) is 88.8 Å². The monoisotopic (exact) mass is 520 g/mol. The maximum absolute atomic E-state index is 13.6. The number of nitrogens with zero attached hydrogens (tertiary/aromatic N) is 4. The van der Waals surface area contributed by atoms with Gasteiger partial charge in [0.2, 0.25) is 0 Å². The van der Waals surface area contributed by atoms with Crippen LogP contribution in [0, 0.1) is 0 Å². The van der Waals surface area contributed by atoms with Crippen LogP contribution in [-0.4, -0.2) is 30.9 Å². The van der Waals surface area contributed by atoms with Crippen molar-refractivity contribution in [2.75, 3.05) is 6.54 Å². The fraction of sp³-hybridized carbons (Fsp3) is 0.103. The van der Waals surface area contributed by atoms with Gasteiger partial charge in [0.05, 0.1) is 41.2 Å². The molecule has 1 aliphatic rings. The van der Waals surface area contributed by atoms with Crippen LogP contribution in [0.5, 0.6) is 0 Å². The molecule has 8 nitrogen and oxygen atoms in total. The largest absolute Gasteiger partial charge is 0.333 e. The molecule has 3 aromatic heterocycles. The van der Waals surface area contributed by atoms with Crippen molar-refractivity contribution in [2.45, 2.75) is 13.1 Å². The Morgan fingerprint density at radius 3 is 2.71 bits per heavy atom. The highest BCUT2D eigenvalue weighted by Gasteiger charge is 2.21. The lowest BCUT2D eigenvalue weighted by atomic mass is 9.94. The van der Waals surface area contributed by atoms with E-state index in [1.54, 1.807) is 12.3 Å². The van der Waals surface area contributed by atoms with Gasteiger partial charge in [-0.1, -0.05) is 54.1 Å². The highest BCUT2D eigenvalue weighted by atomic mass is 35.5. The van der Waals surface area contributed by atoms with Crippen molar-refractivity contribution in [2.24, 2.45) is 0 Å². The molecule has 0 spiro atoms. The quantitative estimate of drug-likeness (QED) is 0.358. The SMILES string of the molecule is O=c1[nH]c2cc(-c3c(Cl)cccc3-c3cnn4c3CNCC4)ccc2c(=O)n1-c1cncc2ccccc12. The van der Waals surface area contributed by atoms with Gasteiger partial charge < -0.3 is 10.3 Å². The summed E-state index contributed by atoms with van der Waals surface area (Å²) in [6, 6.07) is 18.7. The van der Waals surface area contributed by atoms with Crippen LogP contribution in [0.3, 0.4) is 0 Å². The van der Waals surface area contributed by atoms with Gasteiger partial charge in [-0.25, -0.2) is 9.36 Å². The third-order valence-electron chi connectivity index (χ3n) is 7.12. The molecule has 38 heavy (non-hydrogen) atoms. The number of rotatable bonds is 3. The lowest BCUT2D eigenvalue weighted by Gasteiger charge is -2.18. The van der Waals surface area contributed by atoms with Crippen LogP contribution >= 0.6 is 11.6 Å².